The van der Waals surface area contributed by atoms with Gasteiger partial charge in [-0.3, -0.25) is 0 Å². The van der Waals surface area contributed by atoms with Crippen molar-refractivity contribution in [2.24, 2.45) is 0 Å². The molecular weight excluding hydrogens is 274 g/mol. The van der Waals surface area contributed by atoms with Gasteiger partial charge in [0.25, 0.3) is 0 Å². The predicted molar refractivity (Wildman–Crippen MR) is 77.7 cm³/mol. The average molecular weight is 293 g/mol. The van der Waals surface area contributed by atoms with E-state index in [1.54, 1.807) is 0 Å². The van der Waals surface area contributed by atoms with E-state index in [-0.39, 0.29) is 17.3 Å². The monoisotopic (exact) mass is 293 g/mol. The summed E-state index contributed by atoms with van der Waals surface area (Å²) in [5, 5.41) is 24.1. The first kappa shape index (κ1) is 15.1. The molecule has 1 aliphatic heterocycles. The highest BCUT2D eigenvalue weighted by Crippen LogP contribution is 2.27. The molecule has 114 valence electrons. The molecule has 0 radical (unpaired) electrons. The number of amides is 2. The number of anilines is 1. The number of carbonyl (C=O) groups is 2. The summed E-state index contributed by atoms with van der Waals surface area (Å²) in [6.07, 6.45) is 1.73. The number of piperidine rings is 1. The molecule has 2 rings (SSSR count). The zero-order valence-electron chi connectivity index (χ0n) is 11.8. The molecule has 1 heterocycles. The Bertz CT molecular complexity index is 539. The Balaban J connectivity index is 1.97. The van der Waals surface area contributed by atoms with Crippen LogP contribution in [-0.2, 0) is 0 Å². The highest BCUT2D eigenvalue weighted by molar-refractivity contribution is 5.97. The zero-order valence-corrected chi connectivity index (χ0v) is 11.8. The van der Waals surface area contributed by atoms with Crippen LogP contribution in [0.5, 0.6) is 5.75 Å². The van der Waals surface area contributed by atoms with Crippen molar-refractivity contribution in [3.05, 3.63) is 23.8 Å². The van der Waals surface area contributed by atoms with Crippen LogP contribution in [0.15, 0.2) is 18.2 Å². The van der Waals surface area contributed by atoms with Crippen LogP contribution >= 0.6 is 0 Å². The lowest BCUT2D eigenvalue weighted by Crippen LogP contribution is -2.44. The molecule has 0 saturated carbocycles. The smallest absolute Gasteiger partial charge is 0.339 e. The summed E-state index contributed by atoms with van der Waals surface area (Å²) in [7, 11) is 2.03. The number of carboxylic acids is 1. The van der Waals surface area contributed by atoms with Gasteiger partial charge in [0.2, 0.25) is 0 Å². The number of aromatic hydroxyl groups is 1. The van der Waals surface area contributed by atoms with Crippen LogP contribution in [0.25, 0.3) is 0 Å². The second kappa shape index (κ2) is 6.45. The molecule has 0 spiro atoms. The molecule has 0 bridgehead atoms. The van der Waals surface area contributed by atoms with Crippen LogP contribution in [0.3, 0.4) is 0 Å². The Labute approximate surface area is 122 Å². The van der Waals surface area contributed by atoms with Crippen LogP contribution in [-0.4, -0.2) is 53.3 Å². The van der Waals surface area contributed by atoms with E-state index in [1.807, 2.05) is 7.05 Å². The summed E-state index contributed by atoms with van der Waals surface area (Å²) < 4.78 is 0. The van der Waals surface area contributed by atoms with Crippen LogP contribution in [0.2, 0.25) is 0 Å². The Morgan fingerprint density at radius 1 is 1.29 bits per heavy atom. The van der Waals surface area contributed by atoms with Crippen LogP contribution in [0, 0.1) is 0 Å². The number of urea groups is 1. The number of phenols is 1. The third-order valence-electron chi connectivity index (χ3n) is 3.57. The van der Waals surface area contributed by atoms with Gasteiger partial charge in [-0.05, 0) is 45.1 Å². The average Bonchev–Trinajstić information content (AvgIpc) is 2.43. The van der Waals surface area contributed by atoms with Crippen molar-refractivity contribution in [2.45, 2.75) is 18.9 Å². The number of aromatic carboxylic acids is 1. The van der Waals surface area contributed by atoms with E-state index in [0.29, 0.717) is 0 Å². The topological polar surface area (TPSA) is 102 Å². The fourth-order valence-corrected chi connectivity index (χ4v) is 2.31. The molecule has 1 aromatic carbocycles. The minimum absolute atomic E-state index is 0.0836. The van der Waals surface area contributed by atoms with Crippen LogP contribution < -0.4 is 10.6 Å². The lowest BCUT2D eigenvalue weighted by molar-refractivity contribution is 0.0693. The molecule has 21 heavy (non-hydrogen) atoms. The Morgan fingerprint density at radius 2 is 1.95 bits per heavy atom. The number of para-hydroxylation sites is 1. The summed E-state index contributed by atoms with van der Waals surface area (Å²) in [5.74, 6) is -1.68. The van der Waals surface area contributed by atoms with Gasteiger partial charge in [0.1, 0.15) is 5.56 Å². The Morgan fingerprint density at radius 3 is 2.57 bits per heavy atom. The normalized spacial score (nSPS) is 16.4. The maximum atomic E-state index is 11.9. The number of carboxylic acid groups (broad SMARTS) is 1. The number of hydrogen-bond acceptors (Lipinski definition) is 4. The van der Waals surface area contributed by atoms with Gasteiger partial charge >= 0.3 is 12.0 Å². The number of hydrogen-bond donors (Lipinski definition) is 4. The fraction of sp³-hybridized carbons (Fsp3) is 0.429. The Hall–Kier alpha value is -2.28. The van der Waals surface area contributed by atoms with E-state index in [2.05, 4.69) is 15.5 Å². The molecule has 1 saturated heterocycles. The quantitative estimate of drug-likeness (QED) is 0.629. The van der Waals surface area contributed by atoms with E-state index in [0.717, 1.165) is 25.9 Å². The molecular formula is C14H19N3O4. The molecule has 0 aliphatic carbocycles. The second-order valence-electron chi connectivity index (χ2n) is 5.18. The molecule has 0 unspecified atom stereocenters. The molecule has 1 aliphatic rings. The second-order valence-corrected chi connectivity index (χ2v) is 5.18. The maximum Gasteiger partial charge on any atom is 0.339 e. The van der Waals surface area contributed by atoms with Gasteiger partial charge in [-0.2, -0.15) is 0 Å². The van der Waals surface area contributed by atoms with Crippen molar-refractivity contribution in [3.63, 3.8) is 0 Å². The summed E-state index contributed by atoms with van der Waals surface area (Å²) in [6.45, 7) is 1.84. The van der Waals surface area contributed by atoms with Crippen LogP contribution in [0.4, 0.5) is 10.5 Å². The van der Waals surface area contributed by atoms with Gasteiger partial charge in [-0.1, -0.05) is 6.07 Å². The van der Waals surface area contributed by atoms with E-state index in [9.17, 15) is 14.7 Å². The van der Waals surface area contributed by atoms with E-state index in [4.69, 9.17) is 5.11 Å². The van der Waals surface area contributed by atoms with Crippen LogP contribution in [0.1, 0.15) is 23.2 Å². The predicted octanol–water partition coefficient (Wildman–Crippen LogP) is 1.31. The SMILES string of the molecule is CN1CCC(NC(=O)Nc2cccc(C(=O)O)c2O)CC1. The van der Waals surface area contributed by atoms with Gasteiger partial charge in [-0.15, -0.1) is 0 Å². The van der Waals surface area contributed by atoms with Crippen molar-refractivity contribution in [2.75, 3.05) is 25.5 Å². The first-order valence-electron chi connectivity index (χ1n) is 6.78. The molecule has 4 N–H and O–H groups in total. The van der Waals surface area contributed by atoms with E-state index in [1.165, 1.54) is 18.2 Å². The lowest BCUT2D eigenvalue weighted by atomic mass is 10.1. The molecule has 2 amide bonds. The molecule has 7 heteroatoms. The number of nitrogens with zero attached hydrogens (tertiary/aromatic N) is 1. The lowest BCUT2D eigenvalue weighted by Gasteiger charge is -2.29. The molecule has 1 fully saturated rings. The summed E-state index contributed by atoms with van der Waals surface area (Å²) >= 11 is 0. The van der Waals surface area contributed by atoms with E-state index >= 15 is 0 Å². The largest absolute Gasteiger partial charge is 0.505 e. The highest BCUT2D eigenvalue weighted by atomic mass is 16.4. The molecule has 0 aromatic heterocycles. The van der Waals surface area contributed by atoms with Crippen molar-refractivity contribution >= 4 is 17.7 Å². The summed E-state index contributed by atoms with van der Waals surface area (Å²) in [6, 6.07) is 3.84. The molecule has 7 nitrogen and oxygen atoms in total. The minimum atomic E-state index is -1.24. The van der Waals surface area contributed by atoms with Crippen molar-refractivity contribution < 1.29 is 19.8 Å². The van der Waals surface area contributed by atoms with Crippen molar-refractivity contribution in [3.8, 4) is 5.75 Å². The Kier molecular flexibility index (Phi) is 4.64. The first-order valence-corrected chi connectivity index (χ1v) is 6.78. The summed E-state index contributed by atoms with van der Waals surface area (Å²) in [5.41, 5.74) is -0.160. The van der Waals surface area contributed by atoms with Gasteiger partial charge in [0.05, 0.1) is 5.69 Å². The van der Waals surface area contributed by atoms with Crippen molar-refractivity contribution in [1.29, 1.82) is 0 Å². The van der Waals surface area contributed by atoms with Gasteiger partial charge in [0.15, 0.2) is 5.75 Å². The van der Waals surface area contributed by atoms with Gasteiger partial charge < -0.3 is 25.7 Å². The number of carbonyl (C=O) groups excluding carboxylic acids is 1. The fourth-order valence-electron chi connectivity index (χ4n) is 2.31. The number of rotatable bonds is 3. The number of nitrogens with one attached hydrogen (secondary N) is 2. The van der Waals surface area contributed by atoms with E-state index < -0.39 is 17.7 Å². The standard InChI is InChI=1S/C14H19N3O4/c1-17-7-5-9(6-8-17)15-14(21)16-11-4-2-3-10(12(11)18)13(19)20/h2-4,9,18H,5-8H2,1H3,(H,19,20)(H2,15,16,21). The maximum absolute atomic E-state index is 11.9. The zero-order chi connectivity index (χ0) is 15.4. The molecule has 0 atom stereocenters. The number of likely N-dealkylation sites (tertiary alicyclic amines) is 1. The molecule has 1 aromatic rings. The summed E-state index contributed by atoms with van der Waals surface area (Å²) in [4.78, 5) is 25.0. The third kappa shape index (κ3) is 3.85. The minimum Gasteiger partial charge on any atom is -0.505 e. The van der Waals surface area contributed by atoms with Gasteiger partial charge in [-0.25, -0.2) is 9.59 Å². The third-order valence-corrected chi connectivity index (χ3v) is 3.57. The number of benzene rings is 1. The van der Waals surface area contributed by atoms with Gasteiger partial charge in [0, 0.05) is 6.04 Å². The van der Waals surface area contributed by atoms with Crippen molar-refractivity contribution in [1.82, 2.24) is 10.2 Å². The highest BCUT2D eigenvalue weighted by Gasteiger charge is 2.19. The first-order chi connectivity index (χ1) is 9.97.